The van der Waals surface area contributed by atoms with Crippen LogP contribution in [0.3, 0.4) is 0 Å². The normalized spacial score (nSPS) is 15.9. The first kappa shape index (κ1) is 10.3. The smallest absolute Gasteiger partial charge is 0.234 e. The second-order valence-electron chi connectivity index (χ2n) is 2.42. The number of carbonyl (C=O) groups is 1. The zero-order valence-electron chi connectivity index (χ0n) is 6.29. The molecule has 11 heavy (non-hydrogen) atoms. The third-order valence-corrected chi connectivity index (χ3v) is 1.36. The number of halogens is 1. The first-order valence-electron chi connectivity index (χ1n) is 3.47. The molecule has 0 saturated heterocycles. The number of hydrogen-bond donors (Lipinski definition) is 3. The van der Waals surface area contributed by atoms with Gasteiger partial charge in [-0.2, -0.15) is 0 Å². The van der Waals surface area contributed by atoms with Crippen LogP contribution in [0.25, 0.3) is 0 Å². The highest BCUT2D eigenvalue weighted by Crippen LogP contribution is 2.03. The molecule has 6 N–H and O–H groups in total. The molecule has 0 rings (SSSR count). The van der Waals surface area contributed by atoms with Crippen molar-refractivity contribution < 1.29 is 9.18 Å². The Hall–Kier alpha value is -0.680. The summed E-state index contributed by atoms with van der Waals surface area (Å²) in [7, 11) is 0. The van der Waals surface area contributed by atoms with Crippen LogP contribution in [0.5, 0.6) is 0 Å². The van der Waals surface area contributed by atoms with E-state index in [1.54, 1.807) is 0 Å². The van der Waals surface area contributed by atoms with E-state index < -0.39 is 18.1 Å². The number of alkyl halides is 1. The van der Waals surface area contributed by atoms with Crippen LogP contribution in [0, 0.1) is 0 Å². The van der Waals surface area contributed by atoms with E-state index in [1.807, 2.05) is 0 Å². The third-order valence-electron chi connectivity index (χ3n) is 1.36. The summed E-state index contributed by atoms with van der Waals surface area (Å²) < 4.78 is 12.6. The molecule has 2 atom stereocenters. The topological polar surface area (TPSA) is 95.1 Å². The van der Waals surface area contributed by atoms with Crippen molar-refractivity contribution in [1.82, 2.24) is 0 Å². The molecule has 0 spiro atoms. The Morgan fingerprint density at radius 2 is 2.09 bits per heavy atom. The van der Waals surface area contributed by atoms with Gasteiger partial charge in [0.25, 0.3) is 0 Å². The summed E-state index contributed by atoms with van der Waals surface area (Å²) in [4.78, 5) is 10.3. The molecule has 0 aliphatic heterocycles. The van der Waals surface area contributed by atoms with Crippen molar-refractivity contribution in [2.45, 2.75) is 25.1 Å². The van der Waals surface area contributed by atoms with Gasteiger partial charge in [0.15, 0.2) is 0 Å². The number of hydrogen-bond acceptors (Lipinski definition) is 3. The molecule has 0 radical (unpaired) electrons. The van der Waals surface area contributed by atoms with Gasteiger partial charge in [-0.05, 0) is 13.0 Å². The Morgan fingerprint density at radius 3 is 2.45 bits per heavy atom. The molecule has 0 aromatic rings. The SMILES string of the molecule is NCCC(F)C[C@H](N)C(N)=O. The van der Waals surface area contributed by atoms with Gasteiger partial charge < -0.3 is 17.2 Å². The summed E-state index contributed by atoms with van der Waals surface area (Å²) in [5.74, 6) is -0.676. The minimum Gasteiger partial charge on any atom is -0.368 e. The number of rotatable bonds is 5. The van der Waals surface area contributed by atoms with Crippen molar-refractivity contribution in [2.75, 3.05) is 6.54 Å². The maximum absolute atomic E-state index is 12.6. The van der Waals surface area contributed by atoms with Crippen molar-refractivity contribution in [3.63, 3.8) is 0 Å². The summed E-state index contributed by atoms with van der Waals surface area (Å²) in [5.41, 5.74) is 15.1. The third kappa shape index (κ3) is 4.69. The summed E-state index contributed by atoms with van der Waals surface area (Å²) in [6.45, 7) is 0.257. The molecule has 0 heterocycles. The molecule has 0 bridgehead atoms. The number of primary amides is 1. The van der Waals surface area contributed by atoms with Gasteiger partial charge in [0.1, 0.15) is 6.17 Å². The van der Waals surface area contributed by atoms with Crippen LogP contribution < -0.4 is 17.2 Å². The van der Waals surface area contributed by atoms with Crippen molar-refractivity contribution in [1.29, 1.82) is 0 Å². The second kappa shape index (κ2) is 5.03. The van der Waals surface area contributed by atoms with E-state index in [4.69, 9.17) is 17.2 Å². The van der Waals surface area contributed by atoms with Crippen LogP contribution in [0.15, 0.2) is 0 Å². The molecule has 0 aromatic carbocycles. The Labute approximate surface area is 64.9 Å². The second-order valence-corrected chi connectivity index (χ2v) is 2.42. The number of carbonyl (C=O) groups excluding carboxylic acids is 1. The zero-order chi connectivity index (χ0) is 8.85. The molecule has 0 saturated carbocycles. The molecule has 66 valence electrons. The van der Waals surface area contributed by atoms with Crippen LogP contribution in [-0.2, 0) is 4.79 Å². The van der Waals surface area contributed by atoms with Crippen molar-refractivity contribution in [3.8, 4) is 0 Å². The predicted octanol–water partition coefficient (Wildman–Crippen LogP) is -1.12. The first-order chi connectivity index (χ1) is 5.07. The Kier molecular flexibility index (Phi) is 4.72. The van der Waals surface area contributed by atoms with Gasteiger partial charge >= 0.3 is 0 Å². The fraction of sp³-hybridized carbons (Fsp3) is 0.833. The predicted molar refractivity (Wildman–Crippen MR) is 40.4 cm³/mol. The summed E-state index contributed by atoms with van der Waals surface area (Å²) in [5, 5.41) is 0. The maximum Gasteiger partial charge on any atom is 0.234 e. The van der Waals surface area contributed by atoms with Crippen molar-refractivity contribution >= 4 is 5.91 Å². The fourth-order valence-electron chi connectivity index (χ4n) is 0.690. The summed E-state index contributed by atoms with van der Waals surface area (Å²) in [6, 6.07) is -0.892. The molecule has 4 nitrogen and oxygen atoms in total. The maximum atomic E-state index is 12.6. The van der Waals surface area contributed by atoms with E-state index in [0.717, 1.165) is 0 Å². The van der Waals surface area contributed by atoms with Crippen LogP contribution in [0.2, 0.25) is 0 Å². The average molecular weight is 163 g/mol. The minimum atomic E-state index is -1.12. The van der Waals surface area contributed by atoms with E-state index in [2.05, 4.69) is 0 Å². The van der Waals surface area contributed by atoms with E-state index in [9.17, 15) is 9.18 Å². The van der Waals surface area contributed by atoms with E-state index in [0.29, 0.717) is 0 Å². The quantitative estimate of drug-likeness (QED) is 0.479. The standard InChI is InChI=1S/C6H14FN3O/c7-4(1-2-8)3-5(9)6(10)11/h4-5H,1-3,8-9H2,(H2,10,11)/t4?,5-/m0/s1. The fourth-order valence-corrected chi connectivity index (χ4v) is 0.690. The van der Waals surface area contributed by atoms with Gasteiger partial charge in [0.05, 0.1) is 6.04 Å². The molecule has 1 amide bonds. The van der Waals surface area contributed by atoms with Gasteiger partial charge in [-0.15, -0.1) is 0 Å². The lowest BCUT2D eigenvalue weighted by Gasteiger charge is -2.10. The Balaban J connectivity index is 3.56. The van der Waals surface area contributed by atoms with Gasteiger partial charge in [-0.1, -0.05) is 0 Å². The van der Waals surface area contributed by atoms with Crippen molar-refractivity contribution in [3.05, 3.63) is 0 Å². The molecular formula is C6H14FN3O. The molecule has 0 fully saturated rings. The van der Waals surface area contributed by atoms with E-state index >= 15 is 0 Å². The number of nitrogens with two attached hydrogens (primary N) is 3. The highest BCUT2D eigenvalue weighted by atomic mass is 19.1. The average Bonchev–Trinajstić information content (AvgIpc) is 1.87. The molecular weight excluding hydrogens is 149 g/mol. The molecule has 0 aliphatic carbocycles. The molecule has 1 unspecified atom stereocenters. The minimum absolute atomic E-state index is 0.0352. The highest BCUT2D eigenvalue weighted by molar-refractivity contribution is 5.79. The van der Waals surface area contributed by atoms with Crippen LogP contribution >= 0.6 is 0 Å². The van der Waals surface area contributed by atoms with Crippen molar-refractivity contribution in [2.24, 2.45) is 17.2 Å². The Bertz CT molecular complexity index is 131. The summed E-state index contributed by atoms with van der Waals surface area (Å²) >= 11 is 0. The van der Waals surface area contributed by atoms with E-state index in [1.165, 1.54) is 0 Å². The molecule has 5 heteroatoms. The lowest BCUT2D eigenvalue weighted by Crippen LogP contribution is -2.38. The first-order valence-corrected chi connectivity index (χ1v) is 3.47. The largest absolute Gasteiger partial charge is 0.368 e. The van der Waals surface area contributed by atoms with Gasteiger partial charge in [-0.25, -0.2) is 4.39 Å². The monoisotopic (exact) mass is 163 g/mol. The van der Waals surface area contributed by atoms with E-state index in [-0.39, 0.29) is 19.4 Å². The van der Waals surface area contributed by atoms with Gasteiger partial charge in [0.2, 0.25) is 5.91 Å². The highest BCUT2D eigenvalue weighted by Gasteiger charge is 2.15. The van der Waals surface area contributed by atoms with Gasteiger partial charge in [-0.3, -0.25) is 4.79 Å². The summed E-state index contributed by atoms with van der Waals surface area (Å²) in [6.07, 6.45) is -0.935. The zero-order valence-corrected chi connectivity index (χ0v) is 6.29. The lowest BCUT2D eigenvalue weighted by atomic mass is 10.1. The van der Waals surface area contributed by atoms with Gasteiger partial charge in [0, 0.05) is 6.42 Å². The molecule has 0 aliphatic rings. The van der Waals surface area contributed by atoms with Crippen LogP contribution in [-0.4, -0.2) is 24.7 Å². The Morgan fingerprint density at radius 1 is 1.55 bits per heavy atom. The van der Waals surface area contributed by atoms with Crippen LogP contribution in [0.4, 0.5) is 4.39 Å². The lowest BCUT2D eigenvalue weighted by molar-refractivity contribution is -0.119. The van der Waals surface area contributed by atoms with Crippen LogP contribution in [0.1, 0.15) is 12.8 Å². The molecule has 0 aromatic heterocycles. The number of amides is 1.